The fourth-order valence-electron chi connectivity index (χ4n) is 10.5. The molecule has 5 aliphatic rings. The standard InChI is InChI=1S/C30H48O3/c1-25(2)14-15-26(3)16-17-28(5)19(20(26)18-25)8-9-21-27(4)12-11-23(31)30(7,24(32)33)22(27)10-13-29(21,28)6/h8,20-23,31H,9-18H2,1-7H3,(H,32,33)/t20-,21-,22?,23+,26-,27-,28-,29-,30?/m1/s1. The molecule has 0 heterocycles. The lowest BCUT2D eigenvalue weighted by atomic mass is 9.33. The van der Waals surface area contributed by atoms with Gasteiger partial charge in [-0.3, -0.25) is 4.79 Å². The fraction of sp³-hybridized carbons (Fsp3) is 0.900. The average Bonchev–Trinajstić information content (AvgIpc) is 2.72. The molecule has 0 aromatic rings. The first kappa shape index (κ1) is 23.9. The van der Waals surface area contributed by atoms with Gasteiger partial charge in [0, 0.05) is 0 Å². The van der Waals surface area contributed by atoms with Gasteiger partial charge in [-0.25, -0.2) is 0 Å². The molecule has 2 N–H and O–H groups in total. The van der Waals surface area contributed by atoms with Crippen molar-refractivity contribution in [2.75, 3.05) is 0 Å². The van der Waals surface area contributed by atoms with E-state index in [1.807, 2.05) is 6.92 Å². The molecule has 0 saturated heterocycles. The van der Waals surface area contributed by atoms with Crippen molar-refractivity contribution < 1.29 is 15.0 Å². The lowest BCUT2D eigenvalue weighted by Gasteiger charge is -2.71. The predicted octanol–water partition coefficient (Wildman–Crippen LogP) is 7.23. The summed E-state index contributed by atoms with van der Waals surface area (Å²) in [6.07, 6.45) is 13.2. The first-order chi connectivity index (χ1) is 15.1. The normalized spacial score (nSPS) is 55.3. The topological polar surface area (TPSA) is 57.5 Å². The van der Waals surface area contributed by atoms with E-state index < -0.39 is 17.5 Å². The van der Waals surface area contributed by atoms with Crippen molar-refractivity contribution in [2.45, 2.75) is 119 Å². The minimum Gasteiger partial charge on any atom is -0.481 e. The first-order valence-corrected chi connectivity index (χ1v) is 13.8. The van der Waals surface area contributed by atoms with E-state index in [0.29, 0.717) is 29.1 Å². The molecule has 0 amide bonds. The SMILES string of the molecule is CC1(C)CC[C@]2(C)CC[C@]3(C)C(=CC[C@@H]4[C@@]5(C)CC[C@H](O)C(C)(C(=O)O)C5CC[C@]43C)[C@H]2C1. The van der Waals surface area contributed by atoms with E-state index in [1.54, 1.807) is 5.57 Å². The number of carboxylic acids is 1. The second kappa shape index (κ2) is 6.89. The molecular formula is C30H48O3. The van der Waals surface area contributed by atoms with E-state index in [0.717, 1.165) is 25.7 Å². The first-order valence-electron chi connectivity index (χ1n) is 13.8. The van der Waals surface area contributed by atoms with Crippen molar-refractivity contribution in [3.8, 4) is 0 Å². The van der Waals surface area contributed by atoms with E-state index >= 15 is 0 Å². The summed E-state index contributed by atoms with van der Waals surface area (Å²) in [6, 6.07) is 0. The van der Waals surface area contributed by atoms with Crippen molar-refractivity contribution in [1.82, 2.24) is 0 Å². The Kier molecular flexibility index (Phi) is 4.99. The Bertz CT molecular complexity index is 889. The Morgan fingerprint density at radius 3 is 2.21 bits per heavy atom. The minimum absolute atomic E-state index is 0.0308. The van der Waals surface area contributed by atoms with Crippen molar-refractivity contribution in [1.29, 1.82) is 0 Å². The number of carboxylic acid groups (broad SMARTS) is 1. The quantitative estimate of drug-likeness (QED) is 0.409. The van der Waals surface area contributed by atoms with Gasteiger partial charge in [-0.2, -0.15) is 0 Å². The Balaban J connectivity index is 1.58. The maximum atomic E-state index is 12.5. The molecule has 186 valence electrons. The van der Waals surface area contributed by atoms with E-state index in [9.17, 15) is 15.0 Å². The Morgan fingerprint density at radius 2 is 1.55 bits per heavy atom. The molecule has 5 aliphatic carbocycles. The Labute approximate surface area is 201 Å². The number of hydrogen-bond donors (Lipinski definition) is 2. The van der Waals surface area contributed by atoms with Crippen LogP contribution >= 0.6 is 0 Å². The number of carbonyl (C=O) groups is 1. The van der Waals surface area contributed by atoms with Gasteiger partial charge in [0.05, 0.1) is 11.5 Å². The lowest BCUT2D eigenvalue weighted by Crippen LogP contribution is -2.66. The van der Waals surface area contributed by atoms with Crippen molar-refractivity contribution >= 4 is 5.97 Å². The van der Waals surface area contributed by atoms with Crippen LogP contribution in [0, 0.1) is 50.2 Å². The van der Waals surface area contributed by atoms with Crippen molar-refractivity contribution in [3.63, 3.8) is 0 Å². The summed E-state index contributed by atoms with van der Waals surface area (Å²) in [5.41, 5.74) is 1.98. The van der Waals surface area contributed by atoms with E-state index in [4.69, 9.17) is 0 Å². The molecule has 5 rings (SSSR count). The summed E-state index contributed by atoms with van der Waals surface area (Å²) in [4.78, 5) is 12.5. The lowest BCUT2D eigenvalue weighted by molar-refractivity contribution is -0.216. The summed E-state index contributed by atoms with van der Waals surface area (Å²) in [5.74, 6) is 0.432. The molecule has 0 bridgehead atoms. The highest BCUT2D eigenvalue weighted by molar-refractivity contribution is 5.76. The van der Waals surface area contributed by atoms with Crippen molar-refractivity contribution in [2.24, 2.45) is 50.2 Å². The molecule has 3 heteroatoms. The summed E-state index contributed by atoms with van der Waals surface area (Å²) in [5, 5.41) is 21.1. The zero-order valence-electron chi connectivity index (χ0n) is 22.3. The van der Waals surface area contributed by atoms with Crippen LogP contribution in [-0.2, 0) is 4.79 Å². The number of hydrogen-bond acceptors (Lipinski definition) is 2. The van der Waals surface area contributed by atoms with E-state index in [1.165, 1.54) is 32.1 Å². The van der Waals surface area contributed by atoms with Gasteiger partial charge in [-0.15, -0.1) is 0 Å². The van der Waals surface area contributed by atoms with Gasteiger partial charge in [0.1, 0.15) is 0 Å². The van der Waals surface area contributed by atoms with Crippen LogP contribution in [0.4, 0.5) is 0 Å². The predicted molar refractivity (Wildman–Crippen MR) is 133 cm³/mol. The van der Waals surface area contributed by atoms with Crippen LogP contribution in [0.25, 0.3) is 0 Å². The van der Waals surface area contributed by atoms with Gasteiger partial charge in [0.2, 0.25) is 0 Å². The zero-order valence-corrected chi connectivity index (χ0v) is 22.3. The van der Waals surface area contributed by atoms with Crippen LogP contribution < -0.4 is 0 Å². The third-order valence-electron chi connectivity index (χ3n) is 13.2. The molecule has 4 saturated carbocycles. The summed E-state index contributed by atoms with van der Waals surface area (Å²) in [6.45, 7) is 16.9. The molecular weight excluding hydrogens is 408 g/mol. The molecule has 0 aliphatic heterocycles. The number of allylic oxidation sites excluding steroid dienone is 2. The number of fused-ring (bicyclic) bond motifs is 7. The third kappa shape index (κ3) is 2.87. The molecule has 0 aromatic heterocycles. The summed E-state index contributed by atoms with van der Waals surface area (Å²) < 4.78 is 0. The summed E-state index contributed by atoms with van der Waals surface area (Å²) in [7, 11) is 0. The second-order valence-corrected chi connectivity index (χ2v) is 15.0. The van der Waals surface area contributed by atoms with Gasteiger partial charge in [-0.1, -0.05) is 53.2 Å². The number of rotatable bonds is 1. The smallest absolute Gasteiger partial charge is 0.312 e. The van der Waals surface area contributed by atoms with Crippen molar-refractivity contribution in [3.05, 3.63) is 11.6 Å². The third-order valence-corrected chi connectivity index (χ3v) is 13.2. The monoisotopic (exact) mass is 456 g/mol. The highest BCUT2D eigenvalue weighted by Gasteiger charge is 2.69. The molecule has 2 unspecified atom stereocenters. The number of aliphatic hydroxyl groups is 1. The Morgan fingerprint density at radius 1 is 0.879 bits per heavy atom. The van der Waals surface area contributed by atoms with Crippen LogP contribution in [0.1, 0.15) is 113 Å². The Hall–Kier alpha value is -0.830. The van der Waals surface area contributed by atoms with Gasteiger partial charge in [-0.05, 0) is 116 Å². The van der Waals surface area contributed by atoms with Gasteiger partial charge >= 0.3 is 5.97 Å². The summed E-state index contributed by atoms with van der Waals surface area (Å²) >= 11 is 0. The van der Waals surface area contributed by atoms with Gasteiger partial charge < -0.3 is 10.2 Å². The molecule has 4 fully saturated rings. The largest absolute Gasteiger partial charge is 0.481 e. The second-order valence-electron chi connectivity index (χ2n) is 15.0. The maximum absolute atomic E-state index is 12.5. The molecule has 9 atom stereocenters. The minimum atomic E-state index is -1.03. The van der Waals surface area contributed by atoms with Gasteiger partial charge in [0.25, 0.3) is 0 Å². The van der Waals surface area contributed by atoms with Crippen LogP contribution in [0.15, 0.2) is 11.6 Å². The van der Waals surface area contributed by atoms with Crippen LogP contribution in [-0.4, -0.2) is 22.3 Å². The van der Waals surface area contributed by atoms with Crippen LogP contribution in [0.2, 0.25) is 0 Å². The zero-order chi connectivity index (χ0) is 24.2. The van der Waals surface area contributed by atoms with E-state index in [-0.39, 0.29) is 22.2 Å². The molecule has 0 aromatic carbocycles. The van der Waals surface area contributed by atoms with Gasteiger partial charge in [0.15, 0.2) is 0 Å². The molecule has 0 spiro atoms. The highest BCUT2D eigenvalue weighted by Crippen LogP contribution is 2.75. The van der Waals surface area contributed by atoms with Crippen LogP contribution in [0.5, 0.6) is 0 Å². The molecule has 0 radical (unpaired) electrons. The van der Waals surface area contributed by atoms with Crippen LogP contribution in [0.3, 0.4) is 0 Å². The fourth-order valence-corrected chi connectivity index (χ4v) is 10.5. The van der Waals surface area contributed by atoms with E-state index in [2.05, 4.69) is 47.6 Å². The molecule has 3 nitrogen and oxygen atoms in total. The average molecular weight is 457 g/mol. The highest BCUT2D eigenvalue weighted by atomic mass is 16.4. The number of aliphatic carboxylic acids is 1. The number of aliphatic hydroxyl groups excluding tert-OH is 1. The molecule has 33 heavy (non-hydrogen) atoms. The maximum Gasteiger partial charge on any atom is 0.312 e.